The van der Waals surface area contributed by atoms with E-state index in [0.717, 1.165) is 24.3 Å². The summed E-state index contributed by atoms with van der Waals surface area (Å²) in [6.07, 6.45) is 0.919. The van der Waals surface area contributed by atoms with Crippen LogP contribution in [0.3, 0.4) is 0 Å². The highest BCUT2D eigenvalue weighted by Crippen LogP contribution is 2.25. The van der Waals surface area contributed by atoms with Crippen LogP contribution in [0.2, 0.25) is 0 Å². The number of hydrogen-bond acceptors (Lipinski definition) is 3. The molecular weight excluding hydrogens is 196 g/mol. The Hall–Kier alpha value is -1.55. The molecule has 0 spiro atoms. The average Bonchev–Trinajstić information content (AvgIpc) is 2.64. The summed E-state index contributed by atoms with van der Waals surface area (Å²) >= 11 is 0. The summed E-state index contributed by atoms with van der Waals surface area (Å²) in [7, 11) is 0. The SMILES string of the molecule is O=C(O)COCc1ccc2c(c1)CCO2. The molecule has 4 heteroatoms. The third-order valence-corrected chi connectivity index (χ3v) is 2.25. The van der Waals surface area contributed by atoms with E-state index in [1.807, 2.05) is 18.2 Å². The number of hydrogen-bond donors (Lipinski definition) is 1. The molecule has 0 aliphatic carbocycles. The number of ether oxygens (including phenoxy) is 2. The average molecular weight is 208 g/mol. The predicted octanol–water partition coefficient (Wildman–Crippen LogP) is 1.22. The lowest BCUT2D eigenvalue weighted by molar-refractivity contribution is -0.142. The Morgan fingerprint density at radius 3 is 3.20 bits per heavy atom. The molecule has 1 aromatic carbocycles. The van der Waals surface area contributed by atoms with Crippen molar-refractivity contribution in [1.82, 2.24) is 0 Å². The summed E-state index contributed by atoms with van der Waals surface area (Å²) in [5, 5.41) is 8.40. The number of aliphatic carboxylic acids is 1. The van der Waals surface area contributed by atoms with Gasteiger partial charge in [-0.15, -0.1) is 0 Å². The minimum Gasteiger partial charge on any atom is -0.493 e. The van der Waals surface area contributed by atoms with E-state index in [4.69, 9.17) is 14.6 Å². The fraction of sp³-hybridized carbons (Fsp3) is 0.364. The Labute approximate surface area is 87.4 Å². The van der Waals surface area contributed by atoms with Crippen LogP contribution in [0.1, 0.15) is 11.1 Å². The molecule has 0 saturated heterocycles. The number of carboxylic acids is 1. The van der Waals surface area contributed by atoms with E-state index in [-0.39, 0.29) is 6.61 Å². The molecule has 0 radical (unpaired) electrons. The van der Waals surface area contributed by atoms with Crippen molar-refractivity contribution >= 4 is 5.97 Å². The van der Waals surface area contributed by atoms with Gasteiger partial charge in [0, 0.05) is 6.42 Å². The number of benzene rings is 1. The van der Waals surface area contributed by atoms with Crippen molar-refractivity contribution in [2.75, 3.05) is 13.2 Å². The second-order valence-electron chi connectivity index (χ2n) is 3.43. The maximum Gasteiger partial charge on any atom is 0.329 e. The van der Waals surface area contributed by atoms with E-state index in [1.54, 1.807) is 0 Å². The lowest BCUT2D eigenvalue weighted by atomic mass is 10.1. The van der Waals surface area contributed by atoms with Crippen LogP contribution in [-0.2, 0) is 22.6 Å². The molecule has 1 heterocycles. The van der Waals surface area contributed by atoms with Gasteiger partial charge in [-0.2, -0.15) is 0 Å². The topological polar surface area (TPSA) is 55.8 Å². The molecule has 2 rings (SSSR count). The minimum absolute atomic E-state index is 0.256. The van der Waals surface area contributed by atoms with Gasteiger partial charge < -0.3 is 14.6 Å². The van der Waals surface area contributed by atoms with Crippen LogP contribution in [-0.4, -0.2) is 24.3 Å². The highest BCUT2D eigenvalue weighted by atomic mass is 16.5. The fourth-order valence-electron chi connectivity index (χ4n) is 1.59. The van der Waals surface area contributed by atoms with Gasteiger partial charge in [0.05, 0.1) is 13.2 Å². The van der Waals surface area contributed by atoms with Gasteiger partial charge in [0.25, 0.3) is 0 Å². The zero-order valence-electron chi connectivity index (χ0n) is 8.23. The highest BCUT2D eigenvalue weighted by Gasteiger charge is 2.11. The number of fused-ring (bicyclic) bond motifs is 1. The summed E-state index contributed by atoms with van der Waals surface area (Å²) in [4.78, 5) is 10.2. The second kappa shape index (κ2) is 4.31. The smallest absolute Gasteiger partial charge is 0.329 e. The lowest BCUT2D eigenvalue weighted by Crippen LogP contribution is -2.06. The van der Waals surface area contributed by atoms with Crippen molar-refractivity contribution in [2.45, 2.75) is 13.0 Å². The molecule has 0 bridgehead atoms. The molecule has 0 amide bonds. The van der Waals surface area contributed by atoms with Gasteiger partial charge in [-0.05, 0) is 23.3 Å². The summed E-state index contributed by atoms with van der Waals surface area (Å²) < 4.78 is 10.4. The first kappa shape index (κ1) is 9.98. The van der Waals surface area contributed by atoms with Crippen molar-refractivity contribution < 1.29 is 19.4 Å². The van der Waals surface area contributed by atoms with Crippen LogP contribution in [0.4, 0.5) is 0 Å². The first-order valence-corrected chi connectivity index (χ1v) is 4.80. The largest absolute Gasteiger partial charge is 0.493 e. The molecule has 1 aromatic rings. The Balaban J connectivity index is 1.95. The van der Waals surface area contributed by atoms with E-state index in [2.05, 4.69) is 0 Å². The first-order chi connectivity index (χ1) is 7.25. The zero-order chi connectivity index (χ0) is 10.7. The summed E-state index contributed by atoms with van der Waals surface area (Å²) in [5.74, 6) is -0.0172. The van der Waals surface area contributed by atoms with E-state index >= 15 is 0 Å². The number of rotatable bonds is 4. The van der Waals surface area contributed by atoms with Gasteiger partial charge >= 0.3 is 5.97 Å². The van der Waals surface area contributed by atoms with Crippen LogP contribution in [0.25, 0.3) is 0 Å². The van der Waals surface area contributed by atoms with Crippen LogP contribution >= 0.6 is 0 Å². The van der Waals surface area contributed by atoms with E-state index in [9.17, 15) is 4.79 Å². The van der Waals surface area contributed by atoms with Gasteiger partial charge in [-0.3, -0.25) is 0 Å². The molecule has 1 N–H and O–H groups in total. The van der Waals surface area contributed by atoms with Crippen LogP contribution in [0.15, 0.2) is 18.2 Å². The lowest BCUT2D eigenvalue weighted by Gasteiger charge is -2.04. The molecule has 0 unspecified atom stereocenters. The van der Waals surface area contributed by atoms with Crippen molar-refractivity contribution in [1.29, 1.82) is 0 Å². The van der Waals surface area contributed by atoms with E-state index < -0.39 is 5.97 Å². The zero-order valence-corrected chi connectivity index (χ0v) is 8.23. The predicted molar refractivity (Wildman–Crippen MR) is 52.9 cm³/mol. The molecule has 1 aliphatic rings. The van der Waals surface area contributed by atoms with Gasteiger partial charge in [0.1, 0.15) is 12.4 Å². The monoisotopic (exact) mass is 208 g/mol. The van der Waals surface area contributed by atoms with Crippen LogP contribution in [0, 0.1) is 0 Å². The normalized spacial score (nSPS) is 13.3. The summed E-state index contributed by atoms with van der Waals surface area (Å²) in [6, 6.07) is 5.80. The van der Waals surface area contributed by atoms with Gasteiger partial charge in [0.2, 0.25) is 0 Å². The molecule has 1 aliphatic heterocycles. The molecular formula is C11H12O4. The van der Waals surface area contributed by atoms with Crippen molar-refractivity contribution in [3.8, 4) is 5.75 Å². The van der Waals surface area contributed by atoms with E-state index in [1.165, 1.54) is 5.56 Å². The Morgan fingerprint density at radius 1 is 1.53 bits per heavy atom. The molecule has 80 valence electrons. The highest BCUT2D eigenvalue weighted by molar-refractivity contribution is 5.68. The maximum absolute atomic E-state index is 10.2. The fourth-order valence-corrected chi connectivity index (χ4v) is 1.59. The number of carbonyl (C=O) groups is 1. The van der Waals surface area contributed by atoms with Crippen LogP contribution in [0.5, 0.6) is 5.75 Å². The summed E-state index contributed by atoms with van der Waals surface area (Å²) in [6.45, 7) is 0.807. The quantitative estimate of drug-likeness (QED) is 0.808. The molecule has 0 aromatic heterocycles. The van der Waals surface area contributed by atoms with E-state index in [0.29, 0.717) is 6.61 Å². The molecule has 0 fully saturated rings. The van der Waals surface area contributed by atoms with Crippen molar-refractivity contribution in [2.24, 2.45) is 0 Å². The minimum atomic E-state index is -0.945. The van der Waals surface area contributed by atoms with Crippen molar-refractivity contribution in [3.63, 3.8) is 0 Å². The molecule has 0 atom stereocenters. The van der Waals surface area contributed by atoms with Gasteiger partial charge in [-0.1, -0.05) is 6.07 Å². The molecule has 0 saturated carbocycles. The van der Waals surface area contributed by atoms with Crippen LogP contribution < -0.4 is 4.74 Å². The van der Waals surface area contributed by atoms with Gasteiger partial charge in [0.15, 0.2) is 0 Å². The summed E-state index contributed by atoms with van der Waals surface area (Å²) in [5.41, 5.74) is 2.16. The maximum atomic E-state index is 10.2. The Morgan fingerprint density at radius 2 is 2.40 bits per heavy atom. The third-order valence-electron chi connectivity index (χ3n) is 2.25. The third kappa shape index (κ3) is 2.47. The molecule has 4 nitrogen and oxygen atoms in total. The first-order valence-electron chi connectivity index (χ1n) is 4.80. The Kier molecular flexibility index (Phi) is 2.87. The molecule has 15 heavy (non-hydrogen) atoms. The standard InChI is InChI=1S/C11H12O4/c12-11(13)7-14-6-8-1-2-10-9(5-8)3-4-15-10/h1-2,5H,3-4,6-7H2,(H,12,13). The number of carboxylic acid groups (broad SMARTS) is 1. The van der Waals surface area contributed by atoms with Gasteiger partial charge in [-0.25, -0.2) is 4.79 Å². The van der Waals surface area contributed by atoms with Crippen molar-refractivity contribution in [3.05, 3.63) is 29.3 Å². The Bertz CT molecular complexity index is 373. The second-order valence-corrected chi connectivity index (χ2v) is 3.43.